The lowest BCUT2D eigenvalue weighted by atomic mass is 9.95. The maximum atomic E-state index is 12.6. The summed E-state index contributed by atoms with van der Waals surface area (Å²) >= 11 is 0. The monoisotopic (exact) mass is 301 g/mol. The van der Waals surface area contributed by atoms with Crippen molar-refractivity contribution in [3.63, 3.8) is 0 Å². The lowest BCUT2D eigenvalue weighted by molar-refractivity contribution is -0.129. The Morgan fingerprint density at radius 1 is 1.32 bits per heavy atom. The standard InChI is InChI=1S/C19H27NO2/c1-4-17(22-18-9-12(2)5-6-13(18)3)19(21)20-16-11-14-7-8-15(16)10-14/h5-6,9,14-17H,4,7-8,10-11H2,1-3H3,(H,20,21). The van der Waals surface area contributed by atoms with Gasteiger partial charge in [-0.3, -0.25) is 4.79 Å². The van der Waals surface area contributed by atoms with E-state index in [9.17, 15) is 4.79 Å². The van der Waals surface area contributed by atoms with Crippen LogP contribution in [0.15, 0.2) is 18.2 Å². The van der Waals surface area contributed by atoms with E-state index in [4.69, 9.17) is 4.74 Å². The van der Waals surface area contributed by atoms with E-state index in [1.807, 2.05) is 32.9 Å². The van der Waals surface area contributed by atoms with Crippen molar-refractivity contribution in [2.45, 2.75) is 65.0 Å². The third-order valence-electron chi connectivity index (χ3n) is 5.34. The van der Waals surface area contributed by atoms with Crippen LogP contribution in [0.1, 0.15) is 50.2 Å². The quantitative estimate of drug-likeness (QED) is 0.899. The number of carbonyl (C=O) groups is 1. The van der Waals surface area contributed by atoms with E-state index >= 15 is 0 Å². The van der Waals surface area contributed by atoms with E-state index in [1.165, 1.54) is 19.3 Å². The molecule has 120 valence electrons. The molecule has 3 heteroatoms. The Bertz CT molecular complexity index is 554. The van der Waals surface area contributed by atoms with Gasteiger partial charge in [-0.15, -0.1) is 0 Å². The number of nitrogens with one attached hydrogen (secondary N) is 1. The summed E-state index contributed by atoms with van der Waals surface area (Å²) in [4.78, 5) is 12.6. The maximum absolute atomic E-state index is 12.6. The van der Waals surface area contributed by atoms with Crippen molar-refractivity contribution in [1.82, 2.24) is 5.32 Å². The number of aryl methyl sites for hydroxylation is 2. The van der Waals surface area contributed by atoms with Gasteiger partial charge in [0, 0.05) is 6.04 Å². The van der Waals surface area contributed by atoms with Crippen molar-refractivity contribution in [2.75, 3.05) is 0 Å². The average Bonchev–Trinajstić information content (AvgIpc) is 3.10. The van der Waals surface area contributed by atoms with Crippen LogP contribution in [-0.2, 0) is 4.79 Å². The molecule has 0 aromatic heterocycles. The van der Waals surface area contributed by atoms with Gasteiger partial charge < -0.3 is 10.1 Å². The number of ether oxygens (including phenoxy) is 1. The molecule has 4 atom stereocenters. The second kappa shape index (κ2) is 6.31. The number of amides is 1. The molecular formula is C19H27NO2. The van der Waals surface area contributed by atoms with Crippen LogP contribution in [0.3, 0.4) is 0 Å². The zero-order chi connectivity index (χ0) is 15.7. The van der Waals surface area contributed by atoms with E-state index in [1.54, 1.807) is 0 Å². The summed E-state index contributed by atoms with van der Waals surface area (Å²) in [5.74, 6) is 2.43. The minimum atomic E-state index is -0.389. The van der Waals surface area contributed by atoms with Gasteiger partial charge in [0.2, 0.25) is 0 Å². The van der Waals surface area contributed by atoms with E-state index in [-0.39, 0.29) is 12.0 Å². The third-order valence-corrected chi connectivity index (χ3v) is 5.34. The van der Waals surface area contributed by atoms with Gasteiger partial charge in [-0.05, 0) is 68.6 Å². The van der Waals surface area contributed by atoms with E-state index in [0.29, 0.717) is 18.4 Å². The summed E-state index contributed by atoms with van der Waals surface area (Å²) in [5.41, 5.74) is 2.24. The molecule has 2 bridgehead atoms. The number of fused-ring (bicyclic) bond motifs is 2. The first-order valence-electron chi connectivity index (χ1n) is 8.61. The molecule has 1 aromatic carbocycles. The molecule has 1 amide bonds. The topological polar surface area (TPSA) is 38.3 Å². The van der Waals surface area contributed by atoms with Crippen molar-refractivity contribution in [3.05, 3.63) is 29.3 Å². The van der Waals surface area contributed by atoms with Gasteiger partial charge in [0.05, 0.1) is 0 Å². The Morgan fingerprint density at radius 2 is 2.14 bits per heavy atom. The molecule has 0 radical (unpaired) electrons. The van der Waals surface area contributed by atoms with E-state index in [0.717, 1.165) is 29.2 Å². The largest absolute Gasteiger partial charge is 0.480 e. The smallest absolute Gasteiger partial charge is 0.261 e. The molecule has 0 heterocycles. The normalized spacial score (nSPS) is 27.7. The first kappa shape index (κ1) is 15.4. The molecule has 1 N–H and O–H groups in total. The van der Waals surface area contributed by atoms with Crippen molar-refractivity contribution < 1.29 is 9.53 Å². The molecule has 1 aromatic rings. The predicted molar refractivity (Wildman–Crippen MR) is 88.0 cm³/mol. The fourth-order valence-electron chi connectivity index (χ4n) is 4.01. The Morgan fingerprint density at radius 3 is 2.77 bits per heavy atom. The summed E-state index contributed by atoms with van der Waals surface area (Å²) in [7, 11) is 0. The van der Waals surface area contributed by atoms with Crippen LogP contribution in [0.5, 0.6) is 5.75 Å². The van der Waals surface area contributed by atoms with Gasteiger partial charge in [-0.25, -0.2) is 0 Å². The number of hydrogen-bond acceptors (Lipinski definition) is 2. The maximum Gasteiger partial charge on any atom is 0.261 e. The molecule has 4 unspecified atom stereocenters. The van der Waals surface area contributed by atoms with Crippen LogP contribution in [0.2, 0.25) is 0 Å². The lowest BCUT2D eigenvalue weighted by Crippen LogP contribution is -2.45. The second-order valence-electron chi connectivity index (χ2n) is 7.07. The highest BCUT2D eigenvalue weighted by Crippen LogP contribution is 2.44. The molecule has 0 spiro atoms. The summed E-state index contributed by atoms with van der Waals surface area (Å²) in [6.45, 7) is 6.08. The summed E-state index contributed by atoms with van der Waals surface area (Å²) < 4.78 is 6.02. The molecule has 2 aliphatic carbocycles. The molecule has 2 fully saturated rings. The summed E-state index contributed by atoms with van der Waals surface area (Å²) in [6.07, 6.45) is 5.41. The minimum absolute atomic E-state index is 0.0564. The first-order chi connectivity index (χ1) is 10.6. The Labute approximate surface area is 133 Å². The zero-order valence-electron chi connectivity index (χ0n) is 13.9. The Balaban J connectivity index is 1.63. The number of rotatable bonds is 5. The van der Waals surface area contributed by atoms with Gasteiger partial charge in [0.1, 0.15) is 5.75 Å². The Hall–Kier alpha value is -1.51. The zero-order valence-corrected chi connectivity index (χ0v) is 13.9. The van der Waals surface area contributed by atoms with Gasteiger partial charge in [0.25, 0.3) is 5.91 Å². The van der Waals surface area contributed by atoms with Crippen LogP contribution in [0.25, 0.3) is 0 Å². The highest BCUT2D eigenvalue weighted by Gasteiger charge is 2.40. The van der Waals surface area contributed by atoms with Crippen LogP contribution in [-0.4, -0.2) is 18.1 Å². The molecule has 2 aliphatic rings. The van der Waals surface area contributed by atoms with Crippen LogP contribution < -0.4 is 10.1 Å². The SMILES string of the molecule is CCC(Oc1cc(C)ccc1C)C(=O)NC1CC2CCC1C2. The molecule has 22 heavy (non-hydrogen) atoms. The predicted octanol–water partition coefficient (Wildman–Crippen LogP) is 3.77. The van der Waals surface area contributed by atoms with Crippen LogP contribution >= 0.6 is 0 Å². The molecule has 0 saturated heterocycles. The highest BCUT2D eigenvalue weighted by molar-refractivity contribution is 5.81. The van der Waals surface area contributed by atoms with Crippen molar-refractivity contribution in [1.29, 1.82) is 0 Å². The molecule has 2 saturated carbocycles. The van der Waals surface area contributed by atoms with Crippen molar-refractivity contribution >= 4 is 5.91 Å². The lowest BCUT2D eigenvalue weighted by Gasteiger charge is -2.26. The Kier molecular flexibility index (Phi) is 4.42. The van der Waals surface area contributed by atoms with Gasteiger partial charge in [-0.1, -0.05) is 25.5 Å². The van der Waals surface area contributed by atoms with E-state index < -0.39 is 0 Å². The number of carbonyl (C=O) groups excluding carboxylic acids is 1. The van der Waals surface area contributed by atoms with Gasteiger partial charge >= 0.3 is 0 Å². The van der Waals surface area contributed by atoms with Gasteiger partial charge in [-0.2, -0.15) is 0 Å². The number of hydrogen-bond donors (Lipinski definition) is 1. The summed E-state index contributed by atoms with van der Waals surface area (Å²) in [6, 6.07) is 6.51. The molecule has 0 aliphatic heterocycles. The number of benzene rings is 1. The highest BCUT2D eigenvalue weighted by atomic mass is 16.5. The second-order valence-corrected chi connectivity index (χ2v) is 7.07. The fourth-order valence-corrected chi connectivity index (χ4v) is 4.01. The van der Waals surface area contributed by atoms with Crippen LogP contribution in [0.4, 0.5) is 0 Å². The van der Waals surface area contributed by atoms with Crippen LogP contribution in [0, 0.1) is 25.7 Å². The molecular weight excluding hydrogens is 274 g/mol. The average molecular weight is 301 g/mol. The fraction of sp³-hybridized carbons (Fsp3) is 0.632. The minimum Gasteiger partial charge on any atom is -0.480 e. The van der Waals surface area contributed by atoms with Crippen molar-refractivity contribution in [2.24, 2.45) is 11.8 Å². The molecule has 3 nitrogen and oxygen atoms in total. The molecule has 3 rings (SSSR count). The third kappa shape index (κ3) is 3.13. The first-order valence-corrected chi connectivity index (χ1v) is 8.61. The van der Waals surface area contributed by atoms with Crippen molar-refractivity contribution in [3.8, 4) is 5.75 Å². The van der Waals surface area contributed by atoms with Gasteiger partial charge in [0.15, 0.2) is 6.10 Å². The summed E-state index contributed by atoms with van der Waals surface area (Å²) in [5, 5.41) is 3.25. The van der Waals surface area contributed by atoms with E-state index in [2.05, 4.69) is 11.4 Å².